The zero-order chi connectivity index (χ0) is 14.1. The van der Waals surface area contributed by atoms with Crippen LogP contribution in [0.4, 0.5) is 13.2 Å². The summed E-state index contributed by atoms with van der Waals surface area (Å²) in [5, 5.41) is 3.30. The summed E-state index contributed by atoms with van der Waals surface area (Å²) in [6.07, 6.45) is -1.55. The van der Waals surface area contributed by atoms with Crippen LogP contribution < -0.4 is 5.32 Å². The predicted molar refractivity (Wildman–Crippen MR) is 67.2 cm³/mol. The van der Waals surface area contributed by atoms with Crippen molar-refractivity contribution in [3.05, 3.63) is 0 Å². The van der Waals surface area contributed by atoms with Crippen LogP contribution in [0.3, 0.4) is 0 Å². The molecule has 0 saturated carbocycles. The summed E-state index contributed by atoms with van der Waals surface area (Å²) < 4.78 is 46.7. The second-order valence-corrected chi connectivity index (χ2v) is 4.96. The van der Waals surface area contributed by atoms with Gasteiger partial charge in [-0.25, -0.2) is 0 Å². The fourth-order valence-electron chi connectivity index (χ4n) is 2.08. The van der Waals surface area contributed by atoms with Gasteiger partial charge in [0.2, 0.25) is 0 Å². The first kappa shape index (κ1) is 16.7. The fourth-order valence-corrected chi connectivity index (χ4v) is 2.08. The Morgan fingerprint density at radius 1 is 1.26 bits per heavy atom. The number of rotatable bonds is 9. The van der Waals surface area contributed by atoms with Gasteiger partial charge in [0, 0.05) is 19.6 Å². The summed E-state index contributed by atoms with van der Waals surface area (Å²) in [6, 6.07) is 0. The summed E-state index contributed by atoms with van der Waals surface area (Å²) in [5.41, 5.74) is 0. The summed E-state index contributed by atoms with van der Waals surface area (Å²) in [5.74, 6) is 0. The maximum Gasteiger partial charge on any atom is 0.389 e. The molecule has 0 aliphatic carbocycles. The van der Waals surface area contributed by atoms with E-state index in [1.807, 2.05) is 0 Å². The van der Waals surface area contributed by atoms with Crippen LogP contribution in [0.1, 0.15) is 39.0 Å². The summed E-state index contributed by atoms with van der Waals surface area (Å²) in [4.78, 5) is 0. The molecule has 0 aromatic rings. The summed E-state index contributed by atoms with van der Waals surface area (Å²) in [6.45, 7) is 4.50. The molecule has 0 radical (unpaired) electrons. The lowest BCUT2D eigenvalue weighted by Gasteiger charge is -2.14. The minimum absolute atomic E-state index is 0.0255. The molecule has 0 aromatic heterocycles. The highest BCUT2D eigenvalue weighted by molar-refractivity contribution is 4.75. The molecule has 0 spiro atoms. The molecular formula is C13H24F3NO2. The van der Waals surface area contributed by atoms with Crippen LogP contribution in [0.5, 0.6) is 0 Å². The van der Waals surface area contributed by atoms with Crippen molar-refractivity contribution >= 4 is 0 Å². The Kier molecular flexibility index (Phi) is 7.71. The van der Waals surface area contributed by atoms with E-state index >= 15 is 0 Å². The van der Waals surface area contributed by atoms with E-state index < -0.39 is 12.6 Å². The van der Waals surface area contributed by atoms with Crippen LogP contribution in [0.25, 0.3) is 0 Å². The van der Waals surface area contributed by atoms with Crippen molar-refractivity contribution in [1.29, 1.82) is 0 Å². The molecule has 1 heterocycles. The molecule has 1 N–H and O–H groups in total. The molecule has 0 aromatic carbocycles. The second-order valence-electron chi connectivity index (χ2n) is 4.96. The smallest absolute Gasteiger partial charge is 0.379 e. The number of ether oxygens (including phenoxy) is 2. The molecule has 1 rings (SSSR count). The second kappa shape index (κ2) is 8.76. The molecule has 0 amide bonds. The third kappa shape index (κ3) is 8.44. The molecule has 0 bridgehead atoms. The number of halogens is 3. The number of alkyl halides is 3. The molecule has 1 fully saturated rings. The van der Waals surface area contributed by atoms with Crippen molar-refractivity contribution in [1.82, 2.24) is 5.32 Å². The quantitative estimate of drug-likeness (QED) is 0.660. The molecule has 3 nitrogen and oxygen atoms in total. The molecule has 2 atom stereocenters. The van der Waals surface area contributed by atoms with E-state index in [1.54, 1.807) is 0 Å². The van der Waals surface area contributed by atoms with Gasteiger partial charge in [0.25, 0.3) is 0 Å². The van der Waals surface area contributed by atoms with Gasteiger partial charge in [-0.05, 0) is 32.2 Å². The molecule has 19 heavy (non-hydrogen) atoms. The maximum absolute atomic E-state index is 11.9. The molecular weight excluding hydrogens is 259 g/mol. The standard InChI is InChI=1S/C13H24F3NO2/c1-2-7-17-9-11-4-5-12(19-11)10-18-8-3-6-13(14,15)16/h11-12,17H,2-10H2,1H3. The van der Waals surface area contributed by atoms with E-state index in [0.29, 0.717) is 6.61 Å². The van der Waals surface area contributed by atoms with Crippen LogP contribution in [-0.4, -0.2) is 44.7 Å². The SMILES string of the molecule is CCCNCC1CCC(COCCCC(F)(F)F)O1. The Hall–Kier alpha value is -0.330. The van der Waals surface area contributed by atoms with E-state index in [1.165, 1.54) is 0 Å². The zero-order valence-electron chi connectivity index (χ0n) is 11.5. The van der Waals surface area contributed by atoms with Crippen molar-refractivity contribution in [2.45, 2.75) is 57.4 Å². The van der Waals surface area contributed by atoms with Gasteiger partial charge in [0.05, 0.1) is 18.8 Å². The van der Waals surface area contributed by atoms with Crippen molar-refractivity contribution in [2.75, 3.05) is 26.3 Å². The van der Waals surface area contributed by atoms with Gasteiger partial charge in [0.1, 0.15) is 0 Å². The fraction of sp³-hybridized carbons (Fsp3) is 1.00. The monoisotopic (exact) mass is 283 g/mol. The summed E-state index contributed by atoms with van der Waals surface area (Å²) in [7, 11) is 0. The van der Waals surface area contributed by atoms with Crippen molar-refractivity contribution < 1.29 is 22.6 Å². The Labute approximate surface area is 112 Å². The third-order valence-corrected chi connectivity index (χ3v) is 3.05. The van der Waals surface area contributed by atoms with Gasteiger partial charge in [-0.3, -0.25) is 0 Å². The third-order valence-electron chi connectivity index (χ3n) is 3.05. The topological polar surface area (TPSA) is 30.5 Å². The van der Waals surface area contributed by atoms with E-state index in [4.69, 9.17) is 9.47 Å². The lowest BCUT2D eigenvalue weighted by Crippen LogP contribution is -2.28. The average Bonchev–Trinajstić information content (AvgIpc) is 2.75. The van der Waals surface area contributed by atoms with Gasteiger partial charge >= 0.3 is 6.18 Å². The summed E-state index contributed by atoms with van der Waals surface area (Å²) >= 11 is 0. The Balaban J connectivity index is 1.97. The van der Waals surface area contributed by atoms with Crippen LogP contribution >= 0.6 is 0 Å². The molecule has 2 unspecified atom stereocenters. The highest BCUT2D eigenvalue weighted by Gasteiger charge is 2.27. The van der Waals surface area contributed by atoms with Crippen molar-refractivity contribution in [3.8, 4) is 0 Å². The molecule has 1 saturated heterocycles. The first-order valence-corrected chi connectivity index (χ1v) is 7.02. The predicted octanol–water partition coefficient (Wildman–Crippen LogP) is 2.89. The average molecular weight is 283 g/mol. The number of nitrogens with one attached hydrogen (secondary N) is 1. The van der Waals surface area contributed by atoms with Crippen LogP contribution in [0, 0.1) is 0 Å². The Morgan fingerprint density at radius 2 is 2.00 bits per heavy atom. The number of hydrogen-bond acceptors (Lipinski definition) is 3. The van der Waals surface area contributed by atoms with Crippen molar-refractivity contribution in [3.63, 3.8) is 0 Å². The minimum Gasteiger partial charge on any atom is -0.379 e. The van der Waals surface area contributed by atoms with Gasteiger partial charge in [-0.2, -0.15) is 13.2 Å². The van der Waals surface area contributed by atoms with E-state index in [0.717, 1.165) is 32.4 Å². The van der Waals surface area contributed by atoms with Gasteiger partial charge < -0.3 is 14.8 Å². The van der Waals surface area contributed by atoms with Crippen LogP contribution in [-0.2, 0) is 9.47 Å². The lowest BCUT2D eigenvalue weighted by atomic mass is 10.2. The highest BCUT2D eigenvalue weighted by Crippen LogP contribution is 2.22. The molecule has 1 aliphatic rings. The van der Waals surface area contributed by atoms with Crippen LogP contribution in [0.2, 0.25) is 0 Å². The minimum atomic E-state index is -4.08. The lowest BCUT2D eigenvalue weighted by molar-refractivity contribution is -0.138. The Bertz CT molecular complexity index is 236. The van der Waals surface area contributed by atoms with Gasteiger partial charge in [0.15, 0.2) is 0 Å². The first-order valence-electron chi connectivity index (χ1n) is 7.02. The first-order chi connectivity index (χ1) is 9.01. The number of hydrogen-bond donors (Lipinski definition) is 1. The van der Waals surface area contributed by atoms with E-state index in [-0.39, 0.29) is 25.2 Å². The molecule has 1 aliphatic heterocycles. The molecule has 6 heteroatoms. The highest BCUT2D eigenvalue weighted by atomic mass is 19.4. The Morgan fingerprint density at radius 3 is 2.68 bits per heavy atom. The molecule has 114 valence electrons. The van der Waals surface area contributed by atoms with Crippen LogP contribution in [0.15, 0.2) is 0 Å². The normalized spacial score (nSPS) is 24.0. The van der Waals surface area contributed by atoms with Gasteiger partial charge in [-0.15, -0.1) is 0 Å². The van der Waals surface area contributed by atoms with E-state index in [9.17, 15) is 13.2 Å². The zero-order valence-corrected chi connectivity index (χ0v) is 11.5. The largest absolute Gasteiger partial charge is 0.389 e. The van der Waals surface area contributed by atoms with Gasteiger partial charge in [-0.1, -0.05) is 6.92 Å². The van der Waals surface area contributed by atoms with E-state index in [2.05, 4.69) is 12.2 Å². The maximum atomic E-state index is 11.9. The van der Waals surface area contributed by atoms with Crippen molar-refractivity contribution in [2.24, 2.45) is 0 Å².